The molecule has 2 heterocycles. The molecule has 0 saturated carbocycles. The van der Waals surface area contributed by atoms with E-state index in [1.165, 1.54) is 33.5 Å². The van der Waals surface area contributed by atoms with E-state index < -0.39 is 11.7 Å². The van der Waals surface area contributed by atoms with Crippen molar-refractivity contribution in [1.29, 1.82) is 0 Å². The van der Waals surface area contributed by atoms with Gasteiger partial charge in [-0.3, -0.25) is 14.2 Å². The van der Waals surface area contributed by atoms with Gasteiger partial charge < -0.3 is 5.32 Å². The normalized spacial score (nSPS) is 10.8. The molecule has 8 heteroatoms. The molecule has 3 rings (SSSR count). The maximum atomic E-state index is 13.3. The van der Waals surface area contributed by atoms with Crippen molar-refractivity contribution in [3.63, 3.8) is 0 Å². The fraction of sp³-hybridized carbons (Fsp3) is 0.222. The van der Waals surface area contributed by atoms with Gasteiger partial charge in [0.05, 0.1) is 5.69 Å². The van der Waals surface area contributed by atoms with Crippen molar-refractivity contribution in [3.8, 4) is 5.95 Å². The van der Waals surface area contributed by atoms with Crippen LogP contribution in [0.15, 0.2) is 41.2 Å². The second-order valence-electron chi connectivity index (χ2n) is 6.02. The molecule has 1 amide bonds. The molecular formula is C18H18FN5O2. The van der Waals surface area contributed by atoms with Crippen molar-refractivity contribution in [3.05, 3.63) is 69.7 Å². The van der Waals surface area contributed by atoms with Gasteiger partial charge in [0.25, 0.3) is 5.56 Å². The lowest BCUT2D eigenvalue weighted by atomic mass is 10.3. The summed E-state index contributed by atoms with van der Waals surface area (Å²) in [4.78, 5) is 29.2. The molecule has 0 atom stereocenters. The Bertz CT molecular complexity index is 1040. The van der Waals surface area contributed by atoms with Gasteiger partial charge in [0.1, 0.15) is 12.4 Å². The second-order valence-corrected chi connectivity index (χ2v) is 6.02. The van der Waals surface area contributed by atoms with Crippen molar-refractivity contribution in [2.45, 2.75) is 27.3 Å². The monoisotopic (exact) mass is 355 g/mol. The molecule has 0 radical (unpaired) electrons. The third-order valence-electron chi connectivity index (χ3n) is 3.73. The average Bonchev–Trinajstić information content (AvgIpc) is 2.88. The Labute approximate surface area is 149 Å². The van der Waals surface area contributed by atoms with E-state index in [1.807, 2.05) is 19.9 Å². The zero-order chi connectivity index (χ0) is 18.8. The Kier molecular flexibility index (Phi) is 4.66. The van der Waals surface area contributed by atoms with Gasteiger partial charge in [-0.25, -0.2) is 14.1 Å². The lowest BCUT2D eigenvalue weighted by Crippen LogP contribution is -2.32. The zero-order valence-corrected chi connectivity index (χ0v) is 14.7. The Morgan fingerprint density at radius 1 is 1.15 bits per heavy atom. The van der Waals surface area contributed by atoms with E-state index >= 15 is 0 Å². The average molecular weight is 355 g/mol. The summed E-state index contributed by atoms with van der Waals surface area (Å²) in [5.74, 6) is -0.665. The van der Waals surface area contributed by atoms with Gasteiger partial charge in [0.15, 0.2) is 0 Å². The van der Waals surface area contributed by atoms with Gasteiger partial charge in [-0.1, -0.05) is 6.07 Å². The number of carbonyl (C=O) groups excluding carboxylic acids is 1. The molecule has 0 aliphatic carbocycles. The molecule has 0 unspecified atom stereocenters. The van der Waals surface area contributed by atoms with Crippen LogP contribution in [0.25, 0.3) is 5.95 Å². The van der Waals surface area contributed by atoms with Crippen LogP contribution in [0.2, 0.25) is 0 Å². The molecular weight excluding hydrogens is 337 g/mol. The number of amides is 1. The SMILES string of the molecule is Cc1cc(=O)n(CC(=O)Nc2cccc(F)c2)c(-n2nc(C)cc2C)n1. The van der Waals surface area contributed by atoms with E-state index in [4.69, 9.17) is 0 Å². The first-order valence-electron chi connectivity index (χ1n) is 8.01. The van der Waals surface area contributed by atoms with Crippen LogP contribution < -0.4 is 10.9 Å². The summed E-state index contributed by atoms with van der Waals surface area (Å²) in [7, 11) is 0. The zero-order valence-electron chi connectivity index (χ0n) is 14.7. The van der Waals surface area contributed by atoms with E-state index in [0.29, 0.717) is 11.4 Å². The molecule has 3 aromatic rings. The number of nitrogens with zero attached hydrogens (tertiary/aromatic N) is 4. The molecule has 0 aliphatic heterocycles. The number of carbonyl (C=O) groups is 1. The highest BCUT2D eigenvalue weighted by Gasteiger charge is 2.15. The molecule has 1 N–H and O–H groups in total. The molecule has 0 fully saturated rings. The maximum absolute atomic E-state index is 13.3. The number of hydrogen-bond donors (Lipinski definition) is 1. The number of aryl methyl sites for hydroxylation is 3. The first kappa shape index (κ1) is 17.5. The first-order chi connectivity index (χ1) is 12.3. The largest absolute Gasteiger partial charge is 0.324 e. The van der Waals surface area contributed by atoms with Crippen molar-refractivity contribution >= 4 is 11.6 Å². The number of rotatable bonds is 4. The predicted molar refractivity (Wildman–Crippen MR) is 94.9 cm³/mol. The minimum atomic E-state index is -0.467. The quantitative estimate of drug-likeness (QED) is 0.777. The standard InChI is InChI=1S/C18H18FN5O2/c1-11-8-17(26)23(18(20-11)24-13(3)7-12(2)22-24)10-16(25)21-15-6-4-5-14(19)9-15/h4-9H,10H2,1-3H3,(H,21,25). The molecule has 134 valence electrons. The van der Waals surface area contributed by atoms with E-state index in [0.717, 1.165) is 11.4 Å². The summed E-state index contributed by atoms with van der Waals surface area (Å²) in [5.41, 5.74) is 2.04. The van der Waals surface area contributed by atoms with Crippen molar-refractivity contribution < 1.29 is 9.18 Å². The van der Waals surface area contributed by atoms with Crippen LogP contribution >= 0.6 is 0 Å². The summed E-state index contributed by atoms with van der Waals surface area (Å²) in [6, 6.07) is 8.75. The lowest BCUT2D eigenvalue weighted by molar-refractivity contribution is -0.116. The topological polar surface area (TPSA) is 81.8 Å². The summed E-state index contributed by atoms with van der Waals surface area (Å²) in [5, 5.41) is 6.91. The molecule has 1 aromatic carbocycles. The molecule has 0 bridgehead atoms. The number of halogens is 1. The summed E-state index contributed by atoms with van der Waals surface area (Å²) < 4.78 is 16.0. The summed E-state index contributed by atoms with van der Waals surface area (Å²) >= 11 is 0. The predicted octanol–water partition coefficient (Wildman–Crippen LogP) is 2.13. The third-order valence-corrected chi connectivity index (χ3v) is 3.73. The van der Waals surface area contributed by atoms with Crippen LogP contribution in [-0.4, -0.2) is 25.2 Å². The van der Waals surface area contributed by atoms with Crippen LogP contribution in [0.5, 0.6) is 0 Å². The highest BCUT2D eigenvalue weighted by Crippen LogP contribution is 2.11. The smallest absolute Gasteiger partial charge is 0.255 e. The Hall–Kier alpha value is -3.29. The Morgan fingerprint density at radius 2 is 1.92 bits per heavy atom. The van der Waals surface area contributed by atoms with E-state index in [1.54, 1.807) is 13.0 Å². The van der Waals surface area contributed by atoms with Crippen molar-refractivity contribution in [1.82, 2.24) is 19.3 Å². The van der Waals surface area contributed by atoms with Crippen molar-refractivity contribution in [2.75, 3.05) is 5.32 Å². The van der Waals surface area contributed by atoms with E-state index in [9.17, 15) is 14.0 Å². The fourth-order valence-corrected chi connectivity index (χ4v) is 2.66. The van der Waals surface area contributed by atoms with Gasteiger partial charge in [0.2, 0.25) is 11.9 Å². The van der Waals surface area contributed by atoms with Gasteiger partial charge in [-0.05, 0) is 45.0 Å². The maximum Gasteiger partial charge on any atom is 0.255 e. The second kappa shape index (κ2) is 6.91. The molecule has 0 spiro atoms. The number of anilines is 1. The number of aromatic nitrogens is 4. The van der Waals surface area contributed by atoms with Gasteiger partial charge >= 0.3 is 0 Å². The van der Waals surface area contributed by atoms with Crippen LogP contribution in [0, 0.1) is 26.6 Å². The lowest BCUT2D eigenvalue weighted by Gasteiger charge is -2.13. The molecule has 0 aliphatic rings. The van der Waals surface area contributed by atoms with Crippen molar-refractivity contribution in [2.24, 2.45) is 0 Å². The number of nitrogens with one attached hydrogen (secondary N) is 1. The third kappa shape index (κ3) is 3.69. The fourth-order valence-electron chi connectivity index (χ4n) is 2.66. The molecule has 26 heavy (non-hydrogen) atoms. The number of benzene rings is 1. The minimum absolute atomic E-state index is 0.259. The van der Waals surface area contributed by atoms with E-state index in [2.05, 4.69) is 15.4 Å². The Balaban J connectivity index is 1.96. The minimum Gasteiger partial charge on any atom is -0.324 e. The van der Waals surface area contributed by atoms with Gasteiger partial charge in [-0.2, -0.15) is 5.10 Å². The number of hydrogen-bond acceptors (Lipinski definition) is 4. The van der Waals surface area contributed by atoms with Gasteiger partial charge in [-0.15, -0.1) is 0 Å². The van der Waals surface area contributed by atoms with Gasteiger partial charge in [0, 0.05) is 23.1 Å². The highest BCUT2D eigenvalue weighted by atomic mass is 19.1. The molecule has 2 aromatic heterocycles. The van der Waals surface area contributed by atoms with Crippen LogP contribution in [0.4, 0.5) is 10.1 Å². The van der Waals surface area contributed by atoms with Crippen LogP contribution in [0.1, 0.15) is 17.1 Å². The Morgan fingerprint density at radius 3 is 2.58 bits per heavy atom. The molecule has 7 nitrogen and oxygen atoms in total. The summed E-state index contributed by atoms with van der Waals surface area (Å²) in [6.45, 7) is 5.11. The van der Waals surface area contributed by atoms with E-state index in [-0.39, 0.29) is 18.1 Å². The highest BCUT2D eigenvalue weighted by molar-refractivity contribution is 5.90. The molecule has 0 saturated heterocycles. The first-order valence-corrected chi connectivity index (χ1v) is 8.01. The van der Waals surface area contributed by atoms with Crippen LogP contribution in [0.3, 0.4) is 0 Å². The van der Waals surface area contributed by atoms with Crippen LogP contribution in [-0.2, 0) is 11.3 Å². The summed E-state index contributed by atoms with van der Waals surface area (Å²) in [6.07, 6.45) is 0.